The summed E-state index contributed by atoms with van der Waals surface area (Å²) in [6.45, 7) is 4.71. The van der Waals surface area contributed by atoms with Crippen LogP contribution >= 0.6 is 0 Å². The number of anilines is 1. The highest BCUT2D eigenvalue weighted by Crippen LogP contribution is 2.32. The van der Waals surface area contributed by atoms with Gasteiger partial charge in [-0.1, -0.05) is 0 Å². The molecule has 0 saturated carbocycles. The van der Waals surface area contributed by atoms with Crippen molar-refractivity contribution < 1.29 is 9.47 Å². The minimum absolute atomic E-state index is 0.118. The molecule has 0 amide bonds. The van der Waals surface area contributed by atoms with Crippen molar-refractivity contribution in [1.82, 2.24) is 0 Å². The average Bonchev–Trinajstić information content (AvgIpc) is 2.26. The first-order chi connectivity index (χ1) is 7.58. The first kappa shape index (κ1) is 12.6. The molecule has 0 aliphatic rings. The molecule has 0 bridgehead atoms. The van der Waals surface area contributed by atoms with Crippen LogP contribution in [0.15, 0.2) is 12.1 Å². The number of nitrogens with one attached hydrogen (secondary N) is 1. The molecule has 16 heavy (non-hydrogen) atoms. The first-order valence-electron chi connectivity index (χ1n) is 5.30. The van der Waals surface area contributed by atoms with Crippen molar-refractivity contribution in [2.75, 3.05) is 26.1 Å². The smallest absolute Gasteiger partial charge is 0.162 e. The van der Waals surface area contributed by atoms with Crippen LogP contribution in [0.2, 0.25) is 0 Å². The van der Waals surface area contributed by atoms with E-state index in [2.05, 4.69) is 5.32 Å². The van der Waals surface area contributed by atoms with Crippen LogP contribution < -0.4 is 20.5 Å². The largest absolute Gasteiger partial charge is 0.493 e. The highest BCUT2D eigenvalue weighted by Gasteiger charge is 2.08. The van der Waals surface area contributed by atoms with E-state index in [0.717, 1.165) is 29.3 Å². The van der Waals surface area contributed by atoms with E-state index >= 15 is 0 Å². The maximum Gasteiger partial charge on any atom is 0.162 e. The lowest BCUT2D eigenvalue weighted by Crippen LogP contribution is -2.25. The van der Waals surface area contributed by atoms with E-state index in [4.69, 9.17) is 15.2 Å². The molecule has 1 unspecified atom stereocenters. The third-order valence-corrected chi connectivity index (χ3v) is 2.35. The molecule has 3 N–H and O–H groups in total. The summed E-state index contributed by atoms with van der Waals surface area (Å²) in [4.78, 5) is 0. The zero-order valence-corrected chi connectivity index (χ0v) is 10.3. The van der Waals surface area contributed by atoms with Crippen molar-refractivity contribution in [3.63, 3.8) is 0 Å². The second-order valence-corrected chi connectivity index (χ2v) is 3.88. The van der Waals surface area contributed by atoms with Crippen LogP contribution in [-0.2, 0) is 0 Å². The van der Waals surface area contributed by atoms with Crippen molar-refractivity contribution in [2.24, 2.45) is 5.73 Å². The fourth-order valence-corrected chi connectivity index (χ4v) is 1.44. The van der Waals surface area contributed by atoms with E-state index in [9.17, 15) is 0 Å². The molecule has 0 aliphatic carbocycles. The molecule has 4 nitrogen and oxygen atoms in total. The molecule has 1 aromatic rings. The summed E-state index contributed by atoms with van der Waals surface area (Å²) in [5, 5.41) is 3.28. The van der Waals surface area contributed by atoms with E-state index in [1.54, 1.807) is 14.2 Å². The van der Waals surface area contributed by atoms with Gasteiger partial charge in [0.25, 0.3) is 0 Å². The maximum atomic E-state index is 5.70. The number of aryl methyl sites for hydroxylation is 1. The molecule has 0 aromatic heterocycles. The van der Waals surface area contributed by atoms with Gasteiger partial charge in [-0.05, 0) is 25.5 Å². The Labute approximate surface area is 96.7 Å². The van der Waals surface area contributed by atoms with Crippen LogP contribution in [-0.4, -0.2) is 26.8 Å². The Morgan fingerprint density at radius 2 is 1.81 bits per heavy atom. The van der Waals surface area contributed by atoms with Crippen molar-refractivity contribution in [1.29, 1.82) is 0 Å². The van der Waals surface area contributed by atoms with E-state index < -0.39 is 0 Å². The Balaban J connectivity index is 2.92. The highest BCUT2D eigenvalue weighted by molar-refractivity contribution is 5.60. The van der Waals surface area contributed by atoms with Crippen LogP contribution in [0.25, 0.3) is 0 Å². The van der Waals surface area contributed by atoms with Gasteiger partial charge < -0.3 is 20.5 Å². The lowest BCUT2D eigenvalue weighted by molar-refractivity contribution is 0.355. The first-order valence-corrected chi connectivity index (χ1v) is 5.30. The quantitative estimate of drug-likeness (QED) is 0.800. The second-order valence-electron chi connectivity index (χ2n) is 3.88. The second kappa shape index (κ2) is 5.61. The number of ether oxygens (including phenoxy) is 2. The maximum absolute atomic E-state index is 5.70. The monoisotopic (exact) mass is 224 g/mol. The summed E-state index contributed by atoms with van der Waals surface area (Å²) >= 11 is 0. The third kappa shape index (κ3) is 3.03. The number of methoxy groups -OCH3 is 2. The molecule has 0 aliphatic heterocycles. The molecular formula is C12H20N2O2. The number of nitrogens with two attached hydrogens (primary N) is 1. The van der Waals surface area contributed by atoms with Gasteiger partial charge in [0.05, 0.1) is 14.2 Å². The molecule has 1 atom stereocenters. The Bertz CT molecular complexity index is 351. The molecule has 0 radical (unpaired) electrons. The number of hydrogen-bond acceptors (Lipinski definition) is 4. The Kier molecular flexibility index (Phi) is 4.43. The summed E-state index contributed by atoms with van der Waals surface area (Å²) in [7, 11) is 3.26. The standard InChI is InChI=1S/C12H20N2O2/c1-8-5-11(15-3)12(16-4)6-10(8)14-7-9(2)13/h5-6,9,14H,7,13H2,1-4H3. The summed E-state index contributed by atoms with van der Waals surface area (Å²) in [6, 6.07) is 3.99. The third-order valence-electron chi connectivity index (χ3n) is 2.35. The number of rotatable bonds is 5. The molecule has 90 valence electrons. The molecule has 1 rings (SSSR count). The van der Waals surface area contributed by atoms with Gasteiger partial charge in [-0.15, -0.1) is 0 Å². The SMILES string of the molecule is COc1cc(C)c(NCC(C)N)cc1OC. The fraction of sp³-hybridized carbons (Fsp3) is 0.500. The lowest BCUT2D eigenvalue weighted by Gasteiger charge is -2.15. The normalized spacial score (nSPS) is 12.1. The van der Waals surface area contributed by atoms with Gasteiger partial charge in [0, 0.05) is 24.3 Å². The molecule has 0 saturated heterocycles. The fourth-order valence-electron chi connectivity index (χ4n) is 1.44. The Hall–Kier alpha value is -1.42. The predicted molar refractivity (Wildman–Crippen MR) is 66.4 cm³/mol. The van der Waals surface area contributed by atoms with Crippen molar-refractivity contribution in [3.05, 3.63) is 17.7 Å². The minimum Gasteiger partial charge on any atom is -0.493 e. The zero-order valence-electron chi connectivity index (χ0n) is 10.3. The lowest BCUT2D eigenvalue weighted by atomic mass is 10.1. The van der Waals surface area contributed by atoms with E-state index in [-0.39, 0.29) is 6.04 Å². The highest BCUT2D eigenvalue weighted by atomic mass is 16.5. The van der Waals surface area contributed by atoms with Gasteiger partial charge in [0.2, 0.25) is 0 Å². The van der Waals surface area contributed by atoms with Gasteiger partial charge in [-0.25, -0.2) is 0 Å². The van der Waals surface area contributed by atoms with Gasteiger partial charge >= 0.3 is 0 Å². The van der Waals surface area contributed by atoms with Crippen LogP contribution in [0, 0.1) is 6.92 Å². The van der Waals surface area contributed by atoms with Crippen molar-refractivity contribution >= 4 is 5.69 Å². The van der Waals surface area contributed by atoms with E-state index in [1.807, 2.05) is 26.0 Å². The Morgan fingerprint density at radius 3 is 2.31 bits per heavy atom. The molecule has 0 fully saturated rings. The van der Waals surface area contributed by atoms with Gasteiger partial charge in [-0.3, -0.25) is 0 Å². The van der Waals surface area contributed by atoms with Gasteiger partial charge in [-0.2, -0.15) is 0 Å². The number of hydrogen-bond donors (Lipinski definition) is 2. The van der Waals surface area contributed by atoms with Crippen LogP contribution in [0.1, 0.15) is 12.5 Å². The summed E-state index contributed by atoms with van der Waals surface area (Å²) in [6.07, 6.45) is 0. The number of benzene rings is 1. The van der Waals surface area contributed by atoms with Gasteiger partial charge in [0.15, 0.2) is 11.5 Å². The molecule has 1 aromatic carbocycles. The topological polar surface area (TPSA) is 56.5 Å². The molecular weight excluding hydrogens is 204 g/mol. The zero-order chi connectivity index (χ0) is 12.1. The van der Waals surface area contributed by atoms with E-state index in [0.29, 0.717) is 0 Å². The summed E-state index contributed by atoms with van der Waals surface area (Å²) in [5.74, 6) is 1.46. The van der Waals surface area contributed by atoms with Crippen LogP contribution in [0.3, 0.4) is 0 Å². The molecule has 4 heteroatoms. The predicted octanol–water partition coefficient (Wildman–Crippen LogP) is 1.77. The Morgan fingerprint density at radius 1 is 1.25 bits per heavy atom. The molecule has 0 spiro atoms. The van der Waals surface area contributed by atoms with Crippen molar-refractivity contribution in [3.8, 4) is 11.5 Å². The average molecular weight is 224 g/mol. The van der Waals surface area contributed by atoms with Crippen LogP contribution in [0.4, 0.5) is 5.69 Å². The minimum atomic E-state index is 0.118. The summed E-state index contributed by atoms with van der Waals surface area (Å²) < 4.78 is 10.5. The van der Waals surface area contributed by atoms with Crippen molar-refractivity contribution in [2.45, 2.75) is 19.9 Å². The molecule has 0 heterocycles. The van der Waals surface area contributed by atoms with Crippen LogP contribution in [0.5, 0.6) is 11.5 Å². The van der Waals surface area contributed by atoms with Gasteiger partial charge in [0.1, 0.15) is 0 Å². The van der Waals surface area contributed by atoms with E-state index in [1.165, 1.54) is 0 Å². The summed E-state index contributed by atoms with van der Waals surface area (Å²) in [5.41, 5.74) is 7.83.